The second kappa shape index (κ2) is 5.15. The van der Waals surface area contributed by atoms with Crippen LogP contribution in [-0.2, 0) is 7.05 Å². The Balaban J connectivity index is 2.63. The molecule has 1 aromatic carbocycles. The van der Waals surface area contributed by atoms with E-state index in [1.54, 1.807) is 13.3 Å². The lowest BCUT2D eigenvalue weighted by atomic mass is 9.94. The Morgan fingerprint density at radius 2 is 2.11 bits per heavy atom. The van der Waals surface area contributed by atoms with Gasteiger partial charge in [0.2, 0.25) is 0 Å². The fraction of sp³-hybridized carbons (Fsp3) is 0.333. The maximum atomic E-state index is 9.52. The van der Waals surface area contributed by atoms with Crippen LogP contribution in [0, 0.1) is 25.2 Å². The number of aromatic nitrogens is 2. The summed E-state index contributed by atoms with van der Waals surface area (Å²) in [5.74, 6) is 1.07. The zero-order valence-corrected chi connectivity index (χ0v) is 11.6. The van der Waals surface area contributed by atoms with Crippen LogP contribution in [0.5, 0.6) is 5.75 Å². The molecule has 0 saturated carbocycles. The van der Waals surface area contributed by atoms with Gasteiger partial charge in [0, 0.05) is 25.0 Å². The van der Waals surface area contributed by atoms with Crippen LogP contribution in [0.25, 0.3) is 0 Å². The van der Waals surface area contributed by atoms with Crippen molar-refractivity contribution >= 4 is 0 Å². The average molecular weight is 255 g/mol. The lowest BCUT2D eigenvalue weighted by Gasteiger charge is -2.16. The predicted octanol–water partition coefficient (Wildman–Crippen LogP) is 2.70. The van der Waals surface area contributed by atoms with E-state index in [0.29, 0.717) is 0 Å². The number of nitriles is 1. The van der Waals surface area contributed by atoms with Crippen molar-refractivity contribution in [1.29, 1.82) is 5.26 Å². The summed E-state index contributed by atoms with van der Waals surface area (Å²) in [5, 5.41) is 9.52. The summed E-state index contributed by atoms with van der Waals surface area (Å²) in [5.41, 5.74) is 3.02. The summed E-state index contributed by atoms with van der Waals surface area (Å²) in [4.78, 5) is 4.28. The molecule has 0 radical (unpaired) electrons. The number of methoxy groups -OCH3 is 1. The standard InChI is InChI=1S/C15H17N3O/c1-10-7-11(2)14(19-4)12(8-10)13(9-16)15-17-5-6-18(15)3/h5-8,13H,1-4H3. The van der Waals surface area contributed by atoms with Crippen LogP contribution < -0.4 is 4.74 Å². The first-order chi connectivity index (χ1) is 9.08. The highest BCUT2D eigenvalue weighted by Gasteiger charge is 2.23. The molecule has 98 valence electrons. The van der Waals surface area contributed by atoms with E-state index in [1.807, 2.05) is 37.7 Å². The van der Waals surface area contributed by atoms with Gasteiger partial charge in [-0.25, -0.2) is 4.98 Å². The van der Waals surface area contributed by atoms with Gasteiger partial charge in [0.25, 0.3) is 0 Å². The molecule has 2 aromatic rings. The highest BCUT2D eigenvalue weighted by Crippen LogP contribution is 2.34. The molecule has 4 heteroatoms. The minimum atomic E-state index is -0.423. The van der Waals surface area contributed by atoms with Gasteiger partial charge >= 0.3 is 0 Å². The van der Waals surface area contributed by atoms with Crippen molar-refractivity contribution < 1.29 is 4.74 Å². The maximum absolute atomic E-state index is 9.52. The molecule has 1 unspecified atom stereocenters. The summed E-state index contributed by atoms with van der Waals surface area (Å²) >= 11 is 0. The van der Waals surface area contributed by atoms with Gasteiger partial charge in [0.05, 0.1) is 13.2 Å². The van der Waals surface area contributed by atoms with Gasteiger partial charge in [0.1, 0.15) is 17.5 Å². The smallest absolute Gasteiger partial charge is 0.133 e. The minimum absolute atomic E-state index is 0.423. The molecule has 4 nitrogen and oxygen atoms in total. The van der Waals surface area contributed by atoms with Crippen LogP contribution in [0.4, 0.5) is 0 Å². The summed E-state index contributed by atoms with van der Waals surface area (Å²) in [6, 6.07) is 6.37. The number of aryl methyl sites for hydroxylation is 3. The van der Waals surface area contributed by atoms with Gasteiger partial charge in [-0.1, -0.05) is 17.7 Å². The Morgan fingerprint density at radius 1 is 1.37 bits per heavy atom. The van der Waals surface area contributed by atoms with Crippen molar-refractivity contribution in [2.45, 2.75) is 19.8 Å². The number of rotatable bonds is 3. The molecular weight excluding hydrogens is 238 g/mol. The molecule has 0 aliphatic carbocycles. The largest absolute Gasteiger partial charge is 0.496 e. The SMILES string of the molecule is COc1c(C)cc(C)cc1C(C#N)c1nccn1C. The van der Waals surface area contributed by atoms with Crippen molar-refractivity contribution in [2.75, 3.05) is 7.11 Å². The number of imidazole rings is 1. The molecule has 0 amide bonds. The Morgan fingerprint density at radius 3 is 2.63 bits per heavy atom. The molecule has 0 bridgehead atoms. The molecule has 19 heavy (non-hydrogen) atoms. The number of hydrogen-bond donors (Lipinski definition) is 0. The van der Waals surface area contributed by atoms with E-state index in [9.17, 15) is 5.26 Å². The first-order valence-corrected chi connectivity index (χ1v) is 6.10. The van der Waals surface area contributed by atoms with Crippen LogP contribution >= 0.6 is 0 Å². The molecule has 0 aliphatic heterocycles. The topological polar surface area (TPSA) is 50.8 Å². The van der Waals surface area contributed by atoms with Crippen LogP contribution in [0.1, 0.15) is 28.4 Å². The Bertz CT molecular complexity index is 637. The van der Waals surface area contributed by atoms with Gasteiger partial charge in [-0.15, -0.1) is 0 Å². The predicted molar refractivity (Wildman–Crippen MR) is 73.1 cm³/mol. The molecule has 0 spiro atoms. The van der Waals surface area contributed by atoms with Gasteiger partial charge in [-0.05, 0) is 19.4 Å². The summed E-state index contributed by atoms with van der Waals surface area (Å²) < 4.78 is 7.33. The van der Waals surface area contributed by atoms with Gasteiger partial charge in [0.15, 0.2) is 0 Å². The van der Waals surface area contributed by atoms with Gasteiger partial charge in [-0.3, -0.25) is 0 Å². The molecule has 2 rings (SSSR count). The zero-order chi connectivity index (χ0) is 14.0. The quantitative estimate of drug-likeness (QED) is 0.847. The first-order valence-electron chi connectivity index (χ1n) is 6.10. The molecular formula is C15H17N3O. The van der Waals surface area contributed by atoms with Crippen molar-refractivity contribution in [2.24, 2.45) is 7.05 Å². The molecule has 0 N–H and O–H groups in total. The molecule has 0 aliphatic rings. The highest BCUT2D eigenvalue weighted by molar-refractivity contribution is 5.49. The van der Waals surface area contributed by atoms with E-state index >= 15 is 0 Å². The van der Waals surface area contributed by atoms with Crippen LogP contribution in [0.3, 0.4) is 0 Å². The Kier molecular flexibility index (Phi) is 3.57. The normalized spacial score (nSPS) is 11.9. The van der Waals surface area contributed by atoms with E-state index in [4.69, 9.17) is 4.74 Å². The lowest BCUT2D eigenvalue weighted by Crippen LogP contribution is -2.08. The fourth-order valence-corrected chi connectivity index (χ4v) is 2.40. The third kappa shape index (κ3) is 2.32. The third-order valence-corrected chi connectivity index (χ3v) is 3.21. The Labute approximate surface area is 113 Å². The average Bonchev–Trinajstić information content (AvgIpc) is 2.76. The summed E-state index contributed by atoms with van der Waals surface area (Å²) in [6.07, 6.45) is 3.55. The van der Waals surface area contributed by atoms with Crippen molar-refractivity contribution in [3.8, 4) is 11.8 Å². The molecule has 1 heterocycles. The second-order valence-electron chi connectivity index (χ2n) is 4.66. The van der Waals surface area contributed by atoms with Crippen LogP contribution in [-0.4, -0.2) is 16.7 Å². The molecule has 1 aromatic heterocycles. The van der Waals surface area contributed by atoms with E-state index < -0.39 is 5.92 Å². The summed E-state index contributed by atoms with van der Waals surface area (Å²) in [6.45, 7) is 4.00. The third-order valence-electron chi connectivity index (χ3n) is 3.21. The van der Waals surface area contributed by atoms with E-state index in [-0.39, 0.29) is 0 Å². The molecule has 0 fully saturated rings. The zero-order valence-electron chi connectivity index (χ0n) is 11.6. The maximum Gasteiger partial charge on any atom is 0.133 e. The van der Waals surface area contributed by atoms with Gasteiger partial charge < -0.3 is 9.30 Å². The number of ether oxygens (including phenoxy) is 1. The second-order valence-corrected chi connectivity index (χ2v) is 4.66. The number of hydrogen-bond acceptors (Lipinski definition) is 3. The van der Waals surface area contributed by atoms with Crippen molar-refractivity contribution in [3.63, 3.8) is 0 Å². The fourth-order valence-electron chi connectivity index (χ4n) is 2.40. The van der Waals surface area contributed by atoms with E-state index in [2.05, 4.69) is 17.1 Å². The highest BCUT2D eigenvalue weighted by atomic mass is 16.5. The van der Waals surface area contributed by atoms with E-state index in [1.165, 1.54) is 0 Å². The lowest BCUT2D eigenvalue weighted by molar-refractivity contribution is 0.405. The number of nitrogens with zero attached hydrogens (tertiary/aromatic N) is 3. The monoisotopic (exact) mass is 255 g/mol. The molecule has 1 atom stereocenters. The van der Waals surface area contributed by atoms with Gasteiger partial charge in [-0.2, -0.15) is 5.26 Å². The molecule has 0 saturated heterocycles. The van der Waals surface area contributed by atoms with Crippen molar-refractivity contribution in [1.82, 2.24) is 9.55 Å². The first kappa shape index (κ1) is 13.2. The van der Waals surface area contributed by atoms with E-state index in [0.717, 1.165) is 28.3 Å². The van der Waals surface area contributed by atoms with Crippen LogP contribution in [0.2, 0.25) is 0 Å². The number of benzene rings is 1. The van der Waals surface area contributed by atoms with Crippen LogP contribution in [0.15, 0.2) is 24.5 Å². The Hall–Kier alpha value is -2.28. The van der Waals surface area contributed by atoms with Crippen molar-refractivity contribution in [3.05, 3.63) is 47.0 Å². The summed E-state index contributed by atoms with van der Waals surface area (Å²) in [7, 11) is 3.52. The minimum Gasteiger partial charge on any atom is -0.496 e.